The summed E-state index contributed by atoms with van der Waals surface area (Å²) in [5.41, 5.74) is 8.04. The van der Waals surface area contributed by atoms with E-state index in [-0.39, 0.29) is 35.7 Å². The van der Waals surface area contributed by atoms with Crippen LogP contribution in [0.2, 0.25) is 0 Å². The maximum atomic E-state index is 14.0. The number of nitrogens with one attached hydrogen (secondary N) is 1. The fourth-order valence-corrected chi connectivity index (χ4v) is 9.26. The van der Waals surface area contributed by atoms with Gasteiger partial charge in [-0.15, -0.1) is 0 Å². The predicted molar refractivity (Wildman–Crippen MR) is 267 cm³/mol. The number of hydrogen-bond donors (Lipinski definition) is 1. The molecule has 5 aliphatic heterocycles. The lowest BCUT2D eigenvalue weighted by atomic mass is 9.98. The van der Waals surface area contributed by atoms with Gasteiger partial charge >= 0.3 is 0 Å². The molecule has 1 saturated heterocycles. The van der Waals surface area contributed by atoms with E-state index in [9.17, 15) is 14.4 Å². The molecule has 0 unspecified atom stereocenters. The third-order valence-electron chi connectivity index (χ3n) is 13.5. The Kier molecular flexibility index (Phi) is 13.7. The fraction of sp³-hybridized carbons (Fsp3) is 0.389. The molecular formula is C54H61N7O7. The smallest absolute Gasteiger partial charge is 0.260 e. The number of likely N-dealkylation sites (N-methyl/N-ethyl adjacent to an activating group) is 1. The monoisotopic (exact) mass is 919 g/mol. The van der Waals surface area contributed by atoms with Crippen LogP contribution in [0.25, 0.3) is 11.1 Å². The van der Waals surface area contributed by atoms with Crippen LogP contribution in [0.3, 0.4) is 0 Å². The van der Waals surface area contributed by atoms with Gasteiger partial charge in [0.2, 0.25) is 5.91 Å². The molecule has 68 heavy (non-hydrogen) atoms. The van der Waals surface area contributed by atoms with Crippen LogP contribution in [0.4, 0.5) is 22.7 Å². The van der Waals surface area contributed by atoms with Gasteiger partial charge in [0.1, 0.15) is 0 Å². The van der Waals surface area contributed by atoms with Crippen molar-refractivity contribution in [2.75, 3.05) is 70.9 Å². The van der Waals surface area contributed by atoms with Gasteiger partial charge in [0, 0.05) is 99.7 Å². The van der Waals surface area contributed by atoms with E-state index in [1.54, 1.807) is 48.3 Å². The minimum atomic E-state index is -0.254. The summed E-state index contributed by atoms with van der Waals surface area (Å²) in [5, 5.41) is 3.04. The van der Waals surface area contributed by atoms with E-state index < -0.39 is 0 Å². The number of hydrogen-bond acceptors (Lipinski definition) is 11. The molecule has 0 bridgehead atoms. The van der Waals surface area contributed by atoms with E-state index in [0.29, 0.717) is 83.9 Å². The highest BCUT2D eigenvalue weighted by molar-refractivity contribution is 6.06. The standard InChI is InChI=1S/C54H61N7O7/c1-34(2)8-9-35(3)52(62)57-40-14-10-36(11-15-40)38-24-42-30-55-46-28-50(48(65-5)26-44(46)53(63)60(42)32-38)67-22-7-23-68-51-29-47-45(27-49(51)66-6)54(64)61-33-39(25-43(61)31-56-47)37-12-16-41(17-13-37)59-20-18-58(4)19-21-59/h10-17,26-35,42-43H,7-9,18-25H2,1-6H3,(H,57,62)/t35-,42+,43+/m0/s1. The molecule has 4 aromatic carbocycles. The molecule has 9 rings (SSSR count). The number of rotatable bonds is 16. The second-order valence-corrected chi connectivity index (χ2v) is 18.7. The number of piperazine rings is 1. The van der Waals surface area contributed by atoms with Crippen LogP contribution < -0.4 is 29.2 Å². The number of anilines is 2. The zero-order chi connectivity index (χ0) is 47.5. The summed E-state index contributed by atoms with van der Waals surface area (Å²) in [6.07, 6.45) is 11.1. The highest BCUT2D eigenvalue weighted by Gasteiger charge is 2.35. The predicted octanol–water partition coefficient (Wildman–Crippen LogP) is 9.26. The Morgan fingerprint density at radius 3 is 1.66 bits per heavy atom. The van der Waals surface area contributed by atoms with Gasteiger partial charge in [0.25, 0.3) is 11.8 Å². The Morgan fingerprint density at radius 1 is 0.676 bits per heavy atom. The molecule has 3 amide bonds. The van der Waals surface area contributed by atoms with Crippen molar-refractivity contribution < 1.29 is 33.3 Å². The first-order valence-electron chi connectivity index (χ1n) is 23.8. The molecule has 5 aliphatic rings. The largest absolute Gasteiger partial charge is 0.493 e. The summed E-state index contributed by atoms with van der Waals surface area (Å²) in [6.45, 7) is 11.0. The van der Waals surface area contributed by atoms with E-state index in [0.717, 1.165) is 67.0 Å². The summed E-state index contributed by atoms with van der Waals surface area (Å²) in [7, 11) is 5.26. The molecule has 0 aliphatic carbocycles. The highest BCUT2D eigenvalue weighted by Crippen LogP contribution is 2.42. The van der Waals surface area contributed by atoms with Crippen molar-refractivity contribution in [1.82, 2.24) is 14.7 Å². The first kappa shape index (κ1) is 46.2. The first-order valence-corrected chi connectivity index (χ1v) is 23.8. The van der Waals surface area contributed by atoms with Crippen molar-refractivity contribution in [3.63, 3.8) is 0 Å². The second-order valence-electron chi connectivity index (χ2n) is 18.7. The van der Waals surface area contributed by atoms with Gasteiger partial charge in [-0.25, -0.2) is 0 Å². The average Bonchev–Trinajstić information content (AvgIpc) is 3.93. The van der Waals surface area contributed by atoms with Gasteiger partial charge in [-0.1, -0.05) is 51.5 Å². The number of carbonyl (C=O) groups is 3. The Balaban J connectivity index is 0.793. The van der Waals surface area contributed by atoms with Crippen molar-refractivity contribution in [2.24, 2.45) is 21.8 Å². The van der Waals surface area contributed by atoms with Crippen molar-refractivity contribution >= 4 is 64.0 Å². The number of benzene rings is 4. The van der Waals surface area contributed by atoms with Crippen LogP contribution in [-0.4, -0.2) is 118 Å². The van der Waals surface area contributed by atoms with E-state index in [2.05, 4.69) is 60.3 Å². The SMILES string of the molecule is COc1cc2c(cc1OCCCOc1cc3c(cc1OC)C(=O)N1C=C(c4ccc(N5CCN(C)CC5)cc4)C[C@@H]1C=N3)N=C[C@H]1CC(c3ccc(NC(=O)[C@@H](C)CCC(C)C)cc3)=CN1C2=O. The number of methoxy groups -OCH3 is 2. The minimum absolute atomic E-state index is 0.0195. The quantitative estimate of drug-likeness (QED) is 0.109. The second kappa shape index (κ2) is 20.1. The summed E-state index contributed by atoms with van der Waals surface area (Å²) in [5.74, 6) is 1.99. The van der Waals surface area contributed by atoms with Crippen molar-refractivity contribution in [2.45, 2.75) is 65.0 Å². The van der Waals surface area contributed by atoms with E-state index in [1.807, 2.05) is 56.0 Å². The molecule has 14 heteroatoms. The van der Waals surface area contributed by atoms with Crippen LogP contribution in [0.5, 0.6) is 23.0 Å². The fourth-order valence-electron chi connectivity index (χ4n) is 9.26. The Hall–Kier alpha value is -6.93. The number of amides is 3. The number of carbonyl (C=O) groups excluding carboxylic acids is 3. The van der Waals surface area contributed by atoms with Crippen LogP contribution in [0.1, 0.15) is 84.7 Å². The normalized spacial score (nSPS) is 19.1. The van der Waals surface area contributed by atoms with Crippen molar-refractivity contribution in [1.29, 1.82) is 0 Å². The van der Waals surface area contributed by atoms with Crippen molar-refractivity contribution in [3.8, 4) is 23.0 Å². The topological polar surface area (TPSA) is 138 Å². The van der Waals surface area contributed by atoms with Gasteiger partial charge in [-0.3, -0.25) is 24.4 Å². The van der Waals surface area contributed by atoms with Gasteiger partial charge < -0.3 is 43.9 Å². The average molecular weight is 920 g/mol. The Bertz CT molecular complexity index is 2670. The maximum absolute atomic E-state index is 14.0. The van der Waals surface area contributed by atoms with E-state index in [1.165, 1.54) is 5.69 Å². The molecule has 14 nitrogen and oxygen atoms in total. The molecule has 354 valence electrons. The first-order chi connectivity index (χ1) is 33.0. The molecule has 0 aromatic heterocycles. The lowest BCUT2D eigenvalue weighted by molar-refractivity contribution is -0.119. The lowest BCUT2D eigenvalue weighted by Crippen LogP contribution is -2.44. The van der Waals surface area contributed by atoms with Crippen molar-refractivity contribution in [3.05, 3.63) is 107 Å². The Morgan fingerprint density at radius 2 is 1.18 bits per heavy atom. The number of aliphatic imine (C=N–C) groups is 2. The van der Waals surface area contributed by atoms with Crippen LogP contribution >= 0.6 is 0 Å². The third kappa shape index (κ3) is 9.87. The summed E-state index contributed by atoms with van der Waals surface area (Å²) in [6, 6.07) is 22.9. The number of fused-ring (bicyclic) bond motifs is 4. The van der Waals surface area contributed by atoms with Gasteiger partial charge in [0.05, 0.1) is 62.0 Å². The molecule has 0 saturated carbocycles. The summed E-state index contributed by atoms with van der Waals surface area (Å²) >= 11 is 0. The summed E-state index contributed by atoms with van der Waals surface area (Å²) < 4.78 is 23.8. The molecule has 5 heterocycles. The number of nitrogens with zero attached hydrogens (tertiary/aromatic N) is 6. The molecule has 4 aromatic rings. The summed E-state index contributed by atoms with van der Waals surface area (Å²) in [4.78, 5) is 58.5. The van der Waals surface area contributed by atoms with Gasteiger partial charge in [0.15, 0.2) is 23.0 Å². The van der Waals surface area contributed by atoms with E-state index in [4.69, 9.17) is 28.9 Å². The van der Waals surface area contributed by atoms with Crippen LogP contribution in [0.15, 0.2) is 95.2 Å². The van der Waals surface area contributed by atoms with Crippen LogP contribution in [-0.2, 0) is 4.79 Å². The molecule has 0 spiro atoms. The zero-order valence-electron chi connectivity index (χ0n) is 39.9. The molecule has 1 N–H and O–H groups in total. The minimum Gasteiger partial charge on any atom is -0.493 e. The Labute approximate surface area is 398 Å². The molecule has 3 atom stereocenters. The molecule has 0 radical (unpaired) electrons. The molecular weight excluding hydrogens is 859 g/mol. The maximum Gasteiger partial charge on any atom is 0.260 e. The zero-order valence-corrected chi connectivity index (χ0v) is 39.9. The van der Waals surface area contributed by atoms with E-state index >= 15 is 0 Å². The molecule has 1 fully saturated rings. The third-order valence-corrected chi connectivity index (χ3v) is 13.5. The highest BCUT2D eigenvalue weighted by atomic mass is 16.5. The van der Waals surface area contributed by atoms with Gasteiger partial charge in [-0.2, -0.15) is 0 Å². The van der Waals surface area contributed by atoms with Gasteiger partial charge in [-0.05, 0) is 78.1 Å². The lowest BCUT2D eigenvalue weighted by Gasteiger charge is -2.34. The number of ether oxygens (including phenoxy) is 4. The van der Waals surface area contributed by atoms with Crippen LogP contribution in [0, 0.1) is 11.8 Å².